The molecule has 1 aromatic carbocycles. The summed E-state index contributed by atoms with van der Waals surface area (Å²) in [6.45, 7) is 19.3. The Balaban J connectivity index is 1.19. The Bertz CT molecular complexity index is 3540. The predicted molar refractivity (Wildman–Crippen MR) is 334 cm³/mol. The van der Waals surface area contributed by atoms with Crippen molar-refractivity contribution in [1.82, 2.24) is 20.2 Å². The number of imidazole rings is 1. The number of phosphoric ester groups is 1. The minimum atomic E-state index is -5.07. The summed E-state index contributed by atoms with van der Waals surface area (Å²) >= 11 is 0. The summed E-state index contributed by atoms with van der Waals surface area (Å²) in [6.07, 6.45) is -4.26. The summed E-state index contributed by atoms with van der Waals surface area (Å²) in [5, 5.41) is 28.2. The van der Waals surface area contributed by atoms with Crippen molar-refractivity contribution in [1.29, 1.82) is 0 Å². The van der Waals surface area contributed by atoms with E-state index in [0.29, 0.717) is 56.4 Å². The molecule has 17 N–H and O–H groups in total. The van der Waals surface area contributed by atoms with Crippen LogP contribution in [0.15, 0.2) is 67.8 Å². The molecular formula is C62H90N13O14P. The number of nitrogens with two attached hydrogens (primary N) is 6. The molecule has 0 radical (unpaired) electrons. The van der Waals surface area contributed by atoms with Gasteiger partial charge in [0.05, 0.1) is 41.7 Å². The summed E-state index contributed by atoms with van der Waals surface area (Å²) in [5.41, 5.74) is 37.4. The number of benzene rings is 1. The number of aryl methyl sites for hydroxylation is 2. The molecule has 8 rings (SSSR count). The lowest BCUT2D eigenvalue weighted by Crippen LogP contribution is -2.56. The lowest BCUT2D eigenvalue weighted by molar-refractivity contribution is -0.124. The standard InChI is InChI=1S/C62H90N13O14P/c1-29-20-39-40(21-30(29)2)75(28-70-39)57-52(84)53(41(27-76)87-57)89-90(85,86)88-31(3)26-69-49(83)18-19-59(8)37(22-46(66)80)56-62(11)61(10,25-48(68)82)36(14-17-45(65)79)51(74-62)33(5)55-60(9,24-47(67)81)34(12-15-43(63)77)38(71-55)23-42-58(6,7)35(13-16-44(64)78)50(72-42)32(4)54(59)73-56/h20-21,23,28,31,34-37,41,52-53,56-57,71,76,84H,12-19,22,24-27H2,1-11H3,(H2,63,77)(H2,64,78)(H2,65,79)(H2,66,80)(H2,67,81)(H2,68,82)(H,69,83)(H,85,86)/b38-23-,50-32-,55-33?/t31?,34?,35?,36?,37?,41-,52?,53-,56?,57?,59?,60?,61?,62?/m1/s1. The number of aromatic nitrogens is 2. The van der Waals surface area contributed by atoms with Crippen molar-refractivity contribution in [3.05, 3.63) is 63.9 Å². The average Bonchev–Trinajstić information content (AvgIpc) is 1.53. The van der Waals surface area contributed by atoms with Gasteiger partial charge < -0.3 is 69.4 Å². The number of primary amides is 6. The predicted octanol–water partition coefficient (Wildman–Crippen LogP) is 3.16. The number of hydrogen-bond acceptors (Lipinski definition) is 18. The summed E-state index contributed by atoms with van der Waals surface area (Å²) in [4.78, 5) is 126. The van der Waals surface area contributed by atoms with Crippen LogP contribution in [0, 0.1) is 59.2 Å². The number of fused-ring (bicyclic) bond motifs is 7. The van der Waals surface area contributed by atoms with Gasteiger partial charge in [0.15, 0.2) is 6.23 Å². The van der Waals surface area contributed by atoms with Crippen molar-refractivity contribution in [3.8, 4) is 0 Å². The van der Waals surface area contributed by atoms with E-state index >= 15 is 0 Å². The zero-order chi connectivity index (χ0) is 66.7. The van der Waals surface area contributed by atoms with E-state index in [2.05, 4.69) is 15.6 Å². The van der Waals surface area contributed by atoms with Crippen LogP contribution >= 0.6 is 7.82 Å². The number of carbonyl (C=O) groups excluding carboxylic acids is 7. The number of rotatable bonds is 26. The first-order chi connectivity index (χ1) is 41.8. The van der Waals surface area contributed by atoms with Crippen LogP contribution in [0.25, 0.3) is 11.0 Å². The molecule has 15 atom stereocenters. The molecule has 8 bridgehead atoms. The Hall–Kier alpha value is -7.00. The number of aliphatic hydroxyl groups is 2. The second-order valence-electron chi connectivity index (χ2n) is 27.1. The molecule has 2 saturated heterocycles. The maximum absolute atomic E-state index is 14.4. The van der Waals surface area contributed by atoms with Crippen molar-refractivity contribution >= 4 is 77.3 Å². The molecule has 90 heavy (non-hydrogen) atoms. The number of carbonyl (C=O) groups is 7. The average molecular weight is 1270 g/mol. The molecule has 0 saturated carbocycles. The Morgan fingerprint density at radius 2 is 1.40 bits per heavy atom. The summed E-state index contributed by atoms with van der Waals surface area (Å²) in [7, 11) is -5.07. The van der Waals surface area contributed by atoms with Gasteiger partial charge in [0.25, 0.3) is 0 Å². The van der Waals surface area contributed by atoms with E-state index < -0.39 is 143 Å². The van der Waals surface area contributed by atoms with Crippen molar-refractivity contribution in [2.45, 2.75) is 189 Å². The molecule has 1 aromatic heterocycles. The number of aliphatic hydroxyl groups excluding tert-OH is 2. The van der Waals surface area contributed by atoms with Gasteiger partial charge in [0, 0.05) is 131 Å². The molecule has 7 heterocycles. The van der Waals surface area contributed by atoms with Gasteiger partial charge in [-0.25, -0.2) is 9.55 Å². The highest BCUT2D eigenvalue weighted by Gasteiger charge is 2.66. The first-order valence-corrected chi connectivity index (χ1v) is 32.1. The minimum absolute atomic E-state index is 0.0114. The van der Waals surface area contributed by atoms with E-state index in [-0.39, 0.29) is 77.2 Å². The van der Waals surface area contributed by atoms with E-state index in [1.165, 1.54) is 13.3 Å². The van der Waals surface area contributed by atoms with Gasteiger partial charge >= 0.3 is 7.82 Å². The minimum Gasteiger partial charge on any atom is -0.394 e. The third-order valence-electron chi connectivity index (χ3n) is 20.6. The molecule has 7 amide bonds. The third kappa shape index (κ3) is 13.0. The smallest absolute Gasteiger partial charge is 0.394 e. The van der Waals surface area contributed by atoms with Crippen molar-refractivity contribution < 1.29 is 67.0 Å². The fourth-order valence-corrected chi connectivity index (χ4v) is 16.6. The summed E-state index contributed by atoms with van der Waals surface area (Å²) in [6, 6.07) is 2.70. The molecule has 28 heteroatoms. The van der Waals surface area contributed by atoms with E-state index in [4.69, 9.17) is 63.2 Å². The highest BCUT2D eigenvalue weighted by Crippen LogP contribution is 2.63. The molecule has 6 aliphatic rings. The highest BCUT2D eigenvalue weighted by molar-refractivity contribution is 7.47. The van der Waals surface area contributed by atoms with Gasteiger partial charge in [-0.3, -0.25) is 57.6 Å². The molecule has 2 fully saturated rings. The van der Waals surface area contributed by atoms with Crippen LogP contribution < -0.4 is 45.0 Å². The number of nitrogens with one attached hydrogen (secondary N) is 2. The van der Waals surface area contributed by atoms with E-state index in [1.807, 2.05) is 87.4 Å². The molecule has 0 spiro atoms. The van der Waals surface area contributed by atoms with Crippen molar-refractivity contribution in [3.63, 3.8) is 0 Å². The highest BCUT2D eigenvalue weighted by atomic mass is 31.2. The van der Waals surface area contributed by atoms with Gasteiger partial charge in [0.1, 0.15) is 18.3 Å². The van der Waals surface area contributed by atoms with Crippen LogP contribution in [0.2, 0.25) is 0 Å². The number of ether oxygens (including phenoxy) is 1. The van der Waals surface area contributed by atoms with Crippen LogP contribution in [0.1, 0.15) is 150 Å². The lowest BCUT2D eigenvalue weighted by atomic mass is 9.55. The number of phosphoric acid groups is 1. The third-order valence-corrected chi connectivity index (χ3v) is 21.7. The number of nitrogens with zero attached hydrogens (tertiary/aromatic N) is 5. The van der Waals surface area contributed by atoms with Gasteiger partial charge in [-0.15, -0.1) is 0 Å². The van der Waals surface area contributed by atoms with Gasteiger partial charge in [-0.2, -0.15) is 0 Å². The molecule has 13 unspecified atom stereocenters. The zero-order valence-corrected chi connectivity index (χ0v) is 54.1. The van der Waals surface area contributed by atoms with E-state index in [1.54, 1.807) is 4.57 Å². The van der Waals surface area contributed by atoms with Crippen molar-refractivity contribution in [2.75, 3.05) is 13.2 Å². The summed E-state index contributed by atoms with van der Waals surface area (Å²) < 4.78 is 32.3. The normalized spacial score (nSPS) is 33.4. The second kappa shape index (κ2) is 25.6. The first-order valence-electron chi connectivity index (χ1n) is 30.6. The molecule has 6 aliphatic heterocycles. The van der Waals surface area contributed by atoms with Gasteiger partial charge in [-0.05, 0) is 108 Å². The monoisotopic (exact) mass is 1270 g/mol. The number of allylic oxidation sites excluding steroid dienone is 6. The Labute approximate surface area is 523 Å². The number of hydrogen-bond donors (Lipinski definition) is 11. The van der Waals surface area contributed by atoms with Crippen molar-refractivity contribution in [2.24, 2.45) is 94.7 Å². The topological polar surface area (TPSA) is 460 Å². The van der Waals surface area contributed by atoms with Crippen LogP contribution in [0.5, 0.6) is 0 Å². The fraction of sp³-hybridized carbons (Fsp3) is 0.629. The van der Waals surface area contributed by atoms with E-state index in [0.717, 1.165) is 11.1 Å². The SMILES string of the molecule is CC1=C2N/C(=C\C3=NC(=C(/C)C4=NC(C(CC(N)=O)C4(C)CCC(=O)NCC(C)OP(=O)(O)O[C@H]4C(O)C(n5cnc6cc(C)c(C)cc65)O[C@@H]4CO)C4(C)N=C1C(CCC(N)=O)C4(C)CC(N)=O)/C(CCC(N)=O)C3(C)C)C(CCC(N)=O)C2(C)CC(N)=O. The lowest BCUT2D eigenvalue weighted by Gasteiger charge is -2.48. The molecule has 0 aliphatic carbocycles. The number of aliphatic imine (C=N–C) groups is 3. The van der Waals surface area contributed by atoms with Gasteiger partial charge in [-0.1, -0.05) is 34.6 Å². The second-order valence-corrected chi connectivity index (χ2v) is 28.4. The molecule has 492 valence electrons. The van der Waals surface area contributed by atoms with Crippen LogP contribution in [0.4, 0.5) is 0 Å². The molecule has 27 nitrogen and oxygen atoms in total. The maximum atomic E-state index is 14.4. The zero-order valence-electron chi connectivity index (χ0n) is 53.3. The largest absolute Gasteiger partial charge is 0.472 e. The summed E-state index contributed by atoms with van der Waals surface area (Å²) in [5.74, 6) is -7.18. The Kier molecular flexibility index (Phi) is 19.6. The maximum Gasteiger partial charge on any atom is 0.472 e. The Morgan fingerprint density at radius 3 is 1.99 bits per heavy atom. The number of amides is 7. The van der Waals surface area contributed by atoms with Crippen LogP contribution in [-0.4, -0.2) is 132 Å². The van der Waals surface area contributed by atoms with E-state index in [9.17, 15) is 53.2 Å². The molecular weight excluding hydrogens is 1180 g/mol. The van der Waals surface area contributed by atoms with Crippen LogP contribution in [-0.2, 0) is 51.9 Å². The quantitative estimate of drug-likeness (QED) is 0.0603. The Morgan fingerprint density at radius 1 is 0.800 bits per heavy atom. The van der Waals surface area contributed by atoms with Gasteiger partial charge in [0.2, 0.25) is 41.4 Å². The first kappa shape index (κ1) is 68.9. The molecule has 2 aromatic rings. The van der Waals surface area contributed by atoms with Crippen LogP contribution in [0.3, 0.4) is 0 Å². The fourth-order valence-electron chi connectivity index (χ4n) is 15.4.